The number of terminal acetylenes is 1. The Balaban J connectivity index is 1.77. The average Bonchev–Trinajstić information content (AvgIpc) is 2.87. The van der Waals surface area contributed by atoms with Crippen LogP contribution >= 0.6 is 0 Å². The van der Waals surface area contributed by atoms with E-state index >= 15 is 0 Å². The van der Waals surface area contributed by atoms with E-state index in [1.165, 1.54) is 0 Å². The minimum atomic E-state index is -1.10. The molecule has 0 aromatic carbocycles. The molecule has 0 spiro atoms. The lowest BCUT2D eigenvalue weighted by molar-refractivity contribution is -0.134. The van der Waals surface area contributed by atoms with E-state index in [4.69, 9.17) is 6.42 Å². The molecule has 4 aliphatic carbocycles. The zero-order valence-corrected chi connectivity index (χ0v) is 15.0. The second-order valence-electron chi connectivity index (χ2n) is 9.18. The summed E-state index contributed by atoms with van der Waals surface area (Å²) in [5.41, 5.74) is -0.751. The van der Waals surface area contributed by atoms with Crippen LogP contribution in [0, 0.1) is 40.9 Å². The quantitative estimate of drug-likeness (QED) is 0.430. The molecule has 138 valence electrons. The topological polar surface area (TPSA) is 80.9 Å². The summed E-state index contributed by atoms with van der Waals surface area (Å²) in [7, 11) is 0. The van der Waals surface area contributed by atoms with Crippen LogP contribution in [0.15, 0.2) is 11.6 Å². The number of rotatable bonds is 1. The predicted octanol–water partition coefficient (Wildman–Crippen LogP) is 1.62. The third-order valence-corrected chi connectivity index (χ3v) is 8.50. The number of aliphatic hydroxyl groups is 4. The van der Waals surface area contributed by atoms with E-state index < -0.39 is 11.7 Å². The van der Waals surface area contributed by atoms with Crippen LogP contribution < -0.4 is 0 Å². The maximum Gasteiger partial charge on any atom is 0.130 e. The highest BCUT2D eigenvalue weighted by atomic mass is 16.3. The highest BCUT2D eigenvalue weighted by Crippen LogP contribution is 2.66. The lowest BCUT2D eigenvalue weighted by Gasteiger charge is -2.59. The largest absolute Gasteiger partial charge is 0.395 e. The number of hydrogen-bond donors (Lipinski definition) is 4. The number of aliphatic hydroxyl groups excluding tert-OH is 3. The van der Waals surface area contributed by atoms with Crippen molar-refractivity contribution in [3.8, 4) is 12.3 Å². The molecule has 4 N–H and O–H groups in total. The Hall–Kier alpha value is -0.860. The van der Waals surface area contributed by atoms with Gasteiger partial charge in [-0.1, -0.05) is 24.5 Å². The number of hydrogen-bond acceptors (Lipinski definition) is 4. The molecular formula is C21H30O4. The highest BCUT2D eigenvalue weighted by molar-refractivity contribution is 5.31. The van der Waals surface area contributed by atoms with Crippen molar-refractivity contribution in [1.82, 2.24) is 0 Å². The van der Waals surface area contributed by atoms with E-state index in [0.717, 1.165) is 31.3 Å². The summed E-state index contributed by atoms with van der Waals surface area (Å²) in [6.07, 6.45) is 11.7. The predicted molar refractivity (Wildman–Crippen MR) is 94.3 cm³/mol. The maximum absolute atomic E-state index is 11.0. The third kappa shape index (κ3) is 2.10. The zero-order chi connectivity index (χ0) is 18.0. The van der Waals surface area contributed by atoms with Crippen LogP contribution in [0.3, 0.4) is 0 Å². The molecule has 0 bridgehead atoms. The summed E-state index contributed by atoms with van der Waals surface area (Å²) in [4.78, 5) is 0. The molecule has 25 heavy (non-hydrogen) atoms. The maximum atomic E-state index is 11.0. The minimum absolute atomic E-state index is 0.0206. The molecule has 8 atom stereocenters. The monoisotopic (exact) mass is 346 g/mol. The van der Waals surface area contributed by atoms with Crippen LogP contribution in [0.25, 0.3) is 0 Å². The molecule has 0 heterocycles. The van der Waals surface area contributed by atoms with Crippen molar-refractivity contribution in [2.24, 2.45) is 28.6 Å². The van der Waals surface area contributed by atoms with Gasteiger partial charge in [0, 0.05) is 10.8 Å². The van der Waals surface area contributed by atoms with Gasteiger partial charge in [0.1, 0.15) is 5.60 Å². The molecule has 3 saturated carbocycles. The summed E-state index contributed by atoms with van der Waals surface area (Å²) in [6.45, 7) is 2.16. The lowest BCUT2D eigenvalue weighted by atomic mass is 9.46. The molecule has 0 aromatic rings. The fourth-order valence-corrected chi connectivity index (χ4v) is 6.99. The first-order valence-corrected chi connectivity index (χ1v) is 9.70. The van der Waals surface area contributed by atoms with Gasteiger partial charge in [-0.05, 0) is 62.7 Å². The molecule has 0 saturated heterocycles. The van der Waals surface area contributed by atoms with Crippen molar-refractivity contribution in [2.75, 3.05) is 6.61 Å². The molecule has 0 radical (unpaired) electrons. The SMILES string of the molecule is C#C[C@]1(O)CC[C@H]2[C@@H]3[C@@H](O)C=C4C[C@@H](O)CC[C@]4(CO)[C@H]3CC[C@@]21C. The van der Waals surface area contributed by atoms with Gasteiger partial charge >= 0.3 is 0 Å². The smallest absolute Gasteiger partial charge is 0.130 e. The fraction of sp³-hybridized carbons (Fsp3) is 0.810. The van der Waals surface area contributed by atoms with E-state index in [9.17, 15) is 20.4 Å². The molecule has 3 fully saturated rings. The first-order chi connectivity index (χ1) is 11.8. The summed E-state index contributed by atoms with van der Waals surface area (Å²) in [6, 6.07) is 0. The van der Waals surface area contributed by atoms with Crippen molar-refractivity contribution in [3.63, 3.8) is 0 Å². The van der Waals surface area contributed by atoms with E-state index in [1.807, 2.05) is 6.08 Å². The Labute approximate surface area is 150 Å². The Morgan fingerprint density at radius 2 is 1.88 bits per heavy atom. The van der Waals surface area contributed by atoms with Gasteiger partial charge in [-0.2, -0.15) is 0 Å². The molecule has 0 unspecified atom stereocenters. The van der Waals surface area contributed by atoms with E-state index in [1.54, 1.807) is 0 Å². The van der Waals surface area contributed by atoms with Gasteiger partial charge in [0.05, 0.1) is 18.8 Å². The van der Waals surface area contributed by atoms with Crippen molar-refractivity contribution in [3.05, 3.63) is 11.6 Å². The van der Waals surface area contributed by atoms with Crippen LogP contribution in [-0.4, -0.2) is 44.8 Å². The van der Waals surface area contributed by atoms with Gasteiger partial charge in [0.15, 0.2) is 0 Å². The molecule has 0 aliphatic heterocycles. The lowest BCUT2D eigenvalue weighted by Crippen LogP contribution is -2.58. The highest BCUT2D eigenvalue weighted by Gasteiger charge is 2.65. The molecule has 0 amide bonds. The van der Waals surface area contributed by atoms with Gasteiger partial charge in [-0.3, -0.25) is 0 Å². The van der Waals surface area contributed by atoms with Crippen LogP contribution in [0.5, 0.6) is 0 Å². The minimum Gasteiger partial charge on any atom is -0.395 e. The summed E-state index contributed by atoms with van der Waals surface area (Å²) < 4.78 is 0. The van der Waals surface area contributed by atoms with Crippen molar-refractivity contribution < 1.29 is 20.4 Å². The van der Waals surface area contributed by atoms with E-state index in [2.05, 4.69) is 12.8 Å². The van der Waals surface area contributed by atoms with Crippen LogP contribution in [0.1, 0.15) is 51.9 Å². The standard InChI is InChI=1S/C21H30O4/c1-3-21(25)9-6-15-18-16(5-7-19(15,21)2)20(12-22)8-4-14(23)10-13(20)11-17(18)24/h1,11,14-18,22-25H,4-10,12H2,2H3/t14-,15-,16-,17-,18-,19-,20+,21-/m0/s1. The summed E-state index contributed by atoms with van der Waals surface area (Å²) in [5.74, 6) is 3.03. The molecule has 4 rings (SSSR count). The molecular weight excluding hydrogens is 316 g/mol. The normalized spacial score (nSPS) is 54.7. The van der Waals surface area contributed by atoms with Crippen molar-refractivity contribution in [2.45, 2.75) is 69.7 Å². The summed E-state index contributed by atoms with van der Waals surface area (Å²) >= 11 is 0. The Morgan fingerprint density at radius 1 is 1.16 bits per heavy atom. The fourth-order valence-electron chi connectivity index (χ4n) is 6.99. The second kappa shape index (κ2) is 5.57. The van der Waals surface area contributed by atoms with Gasteiger partial charge in [0.25, 0.3) is 0 Å². The van der Waals surface area contributed by atoms with Gasteiger partial charge < -0.3 is 20.4 Å². The van der Waals surface area contributed by atoms with E-state index in [0.29, 0.717) is 19.3 Å². The van der Waals surface area contributed by atoms with E-state index in [-0.39, 0.29) is 41.3 Å². The van der Waals surface area contributed by atoms with Crippen molar-refractivity contribution >= 4 is 0 Å². The molecule has 4 aliphatic rings. The van der Waals surface area contributed by atoms with Gasteiger partial charge in [0.2, 0.25) is 0 Å². The molecule has 4 heteroatoms. The Morgan fingerprint density at radius 3 is 2.56 bits per heavy atom. The zero-order valence-electron chi connectivity index (χ0n) is 15.0. The third-order valence-electron chi connectivity index (χ3n) is 8.50. The molecule has 4 nitrogen and oxygen atoms in total. The summed E-state index contributed by atoms with van der Waals surface area (Å²) in [5, 5.41) is 42.4. The van der Waals surface area contributed by atoms with Gasteiger partial charge in [-0.15, -0.1) is 6.42 Å². The van der Waals surface area contributed by atoms with Crippen LogP contribution in [-0.2, 0) is 0 Å². The average molecular weight is 346 g/mol. The molecule has 0 aromatic heterocycles. The first kappa shape index (κ1) is 17.5. The van der Waals surface area contributed by atoms with Crippen molar-refractivity contribution in [1.29, 1.82) is 0 Å². The second-order valence-corrected chi connectivity index (χ2v) is 9.18. The van der Waals surface area contributed by atoms with Gasteiger partial charge in [-0.25, -0.2) is 0 Å². The number of fused-ring (bicyclic) bond motifs is 5. The Bertz CT molecular complexity index is 636. The first-order valence-electron chi connectivity index (χ1n) is 9.70. The van der Waals surface area contributed by atoms with Crippen LogP contribution in [0.2, 0.25) is 0 Å². The Kier molecular flexibility index (Phi) is 3.91. The van der Waals surface area contributed by atoms with Crippen LogP contribution in [0.4, 0.5) is 0 Å².